The van der Waals surface area contributed by atoms with E-state index in [1.54, 1.807) is 7.11 Å². The van der Waals surface area contributed by atoms with E-state index in [0.717, 1.165) is 12.3 Å². The minimum Gasteiger partial charge on any atom is -0.484 e. The van der Waals surface area contributed by atoms with E-state index in [1.165, 1.54) is 12.8 Å². The summed E-state index contributed by atoms with van der Waals surface area (Å²) in [5, 5.41) is 0. The molecule has 0 N–H and O–H groups in total. The van der Waals surface area contributed by atoms with Crippen molar-refractivity contribution in [3.63, 3.8) is 0 Å². The van der Waals surface area contributed by atoms with Gasteiger partial charge in [0.1, 0.15) is 0 Å². The van der Waals surface area contributed by atoms with Crippen LogP contribution in [0.3, 0.4) is 0 Å². The number of rotatable bonds is 0. The highest BCUT2D eigenvalue weighted by molar-refractivity contribution is 5.77. The Bertz CT molecular complexity index is 149. The Kier molecular flexibility index (Phi) is 1.97. The van der Waals surface area contributed by atoms with Crippen molar-refractivity contribution < 1.29 is 4.74 Å². The first-order chi connectivity index (χ1) is 4.64. The summed E-state index contributed by atoms with van der Waals surface area (Å²) >= 11 is 0. The molecule has 1 heterocycles. The third kappa shape index (κ3) is 1.72. The van der Waals surface area contributed by atoms with Crippen LogP contribution in [0.15, 0.2) is 4.99 Å². The van der Waals surface area contributed by atoms with Crippen molar-refractivity contribution in [2.45, 2.75) is 38.6 Å². The van der Waals surface area contributed by atoms with Crippen LogP contribution in [0.25, 0.3) is 0 Å². The SMILES string of the molecule is COC1=NC(C)(C)CCC1. The smallest absolute Gasteiger partial charge is 0.183 e. The molecule has 10 heavy (non-hydrogen) atoms. The topological polar surface area (TPSA) is 21.6 Å². The van der Waals surface area contributed by atoms with E-state index in [9.17, 15) is 0 Å². The molecule has 0 aliphatic carbocycles. The fraction of sp³-hybridized carbons (Fsp3) is 0.875. The van der Waals surface area contributed by atoms with E-state index in [0.29, 0.717) is 0 Å². The number of nitrogens with zero attached hydrogens (tertiary/aromatic N) is 1. The van der Waals surface area contributed by atoms with Crippen molar-refractivity contribution in [3.05, 3.63) is 0 Å². The number of hydrogen-bond acceptors (Lipinski definition) is 2. The molecule has 1 rings (SSSR count). The van der Waals surface area contributed by atoms with Crippen LogP contribution >= 0.6 is 0 Å². The molecular weight excluding hydrogens is 126 g/mol. The number of ether oxygens (including phenoxy) is 1. The van der Waals surface area contributed by atoms with Crippen LogP contribution in [0.1, 0.15) is 33.1 Å². The van der Waals surface area contributed by atoms with Crippen molar-refractivity contribution in [2.24, 2.45) is 4.99 Å². The minimum absolute atomic E-state index is 0.115. The lowest BCUT2D eigenvalue weighted by atomic mass is 9.95. The van der Waals surface area contributed by atoms with Gasteiger partial charge in [-0.3, -0.25) is 0 Å². The van der Waals surface area contributed by atoms with Gasteiger partial charge in [0.05, 0.1) is 12.6 Å². The fourth-order valence-electron chi connectivity index (χ4n) is 1.27. The molecule has 1 aliphatic rings. The number of hydrogen-bond donors (Lipinski definition) is 0. The molecule has 1 aliphatic heterocycles. The van der Waals surface area contributed by atoms with E-state index in [-0.39, 0.29) is 5.54 Å². The van der Waals surface area contributed by atoms with Gasteiger partial charge in [0.15, 0.2) is 5.90 Å². The zero-order chi connectivity index (χ0) is 7.61. The van der Waals surface area contributed by atoms with Gasteiger partial charge in [-0.05, 0) is 26.7 Å². The average molecular weight is 141 g/mol. The van der Waals surface area contributed by atoms with Crippen molar-refractivity contribution in [1.82, 2.24) is 0 Å². The molecule has 0 saturated carbocycles. The molecule has 2 nitrogen and oxygen atoms in total. The van der Waals surface area contributed by atoms with Gasteiger partial charge in [-0.1, -0.05) is 0 Å². The zero-order valence-corrected chi connectivity index (χ0v) is 6.98. The highest BCUT2D eigenvalue weighted by Gasteiger charge is 2.21. The van der Waals surface area contributed by atoms with E-state index in [2.05, 4.69) is 18.8 Å². The van der Waals surface area contributed by atoms with E-state index < -0.39 is 0 Å². The molecule has 2 heteroatoms. The van der Waals surface area contributed by atoms with Gasteiger partial charge in [-0.2, -0.15) is 0 Å². The molecule has 0 saturated heterocycles. The molecular formula is C8H15NO. The third-order valence-electron chi connectivity index (χ3n) is 1.84. The van der Waals surface area contributed by atoms with Crippen LogP contribution in [0.5, 0.6) is 0 Å². The van der Waals surface area contributed by atoms with Gasteiger partial charge in [-0.25, -0.2) is 4.99 Å². The fourth-order valence-corrected chi connectivity index (χ4v) is 1.27. The van der Waals surface area contributed by atoms with Crippen molar-refractivity contribution >= 4 is 5.90 Å². The summed E-state index contributed by atoms with van der Waals surface area (Å²) in [4.78, 5) is 4.43. The predicted molar refractivity (Wildman–Crippen MR) is 42.4 cm³/mol. The van der Waals surface area contributed by atoms with Crippen molar-refractivity contribution in [1.29, 1.82) is 0 Å². The van der Waals surface area contributed by atoms with Gasteiger partial charge in [0.25, 0.3) is 0 Å². The molecule has 0 aromatic carbocycles. The Hall–Kier alpha value is -0.530. The van der Waals surface area contributed by atoms with Gasteiger partial charge in [0, 0.05) is 6.42 Å². The van der Waals surface area contributed by atoms with Crippen LogP contribution in [0.4, 0.5) is 0 Å². The molecule has 0 unspecified atom stereocenters. The normalized spacial score (nSPS) is 23.7. The zero-order valence-electron chi connectivity index (χ0n) is 6.98. The van der Waals surface area contributed by atoms with Crippen molar-refractivity contribution in [3.8, 4) is 0 Å². The summed E-state index contributed by atoms with van der Waals surface area (Å²) < 4.78 is 5.08. The molecule has 0 fully saturated rings. The summed E-state index contributed by atoms with van der Waals surface area (Å²) in [6.07, 6.45) is 3.40. The molecule has 0 radical (unpaired) electrons. The summed E-state index contributed by atoms with van der Waals surface area (Å²) in [5.41, 5.74) is 0.115. The second kappa shape index (κ2) is 2.60. The van der Waals surface area contributed by atoms with Gasteiger partial charge in [-0.15, -0.1) is 0 Å². The molecule has 58 valence electrons. The molecule has 0 aromatic rings. The molecule has 0 spiro atoms. The monoisotopic (exact) mass is 141 g/mol. The van der Waals surface area contributed by atoms with Gasteiger partial charge >= 0.3 is 0 Å². The summed E-state index contributed by atoms with van der Waals surface area (Å²) in [6, 6.07) is 0. The second-order valence-electron chi connectivity index (χ2n) is 3.38. The lowest BCUT2D eigenvalue weighted by Gasteiger charge is -2.25. The van der Waals surface area contributed by atoms with Gasteiger partial charge < -0.3 is 4.74 Å². The first kappa shape index (κ1) is 7.58. The maximum Gasteiger partial charge on any atom is 0.183 e. The predicted octanol–water partition coefficient (Wildman–Crippen LogP) is 1.99. The summed E-state index contributed by atoms with van der Waals surface area (Å²) in [5.74, 6) is 0.913. The second-order valence-corrected chi connectivity index (χ2v) is 3.38. The molecule has 0 atom stereocenters. The van der Waals surface area contributed by atoms with E-state index in [1.807, 2.05) is 0 Å². The highest BCUT2D eigenvalue weighted by atomic mass is 16.5. The third-order valence-corrected chi connectivity index (χ3v) is 1.84. The van der Waals surface area contributed by atoms with Crippen LogP contribution in [-0.4, -0.2) is 18.5 Å². The Morgan fingerprint density at radius 2 is 2.20 bits per heavy atom. The van der Waals surface area contributed by atoms with Crippen LogP contribution < -0.4 is 0 Å². The number of methoxy groups -OCH3 is 1. The highest BCUT2D eigenvalue weighted by Crippen LogP contribution is 2.23. The largest absolute Gasteiger partial charge is 0.484 e. The maximum atomic E-state index is 5.08. The Morgan fingerprint density at radius 1 is 1.50 bits per heavy atom. The summed E-state index contributed by atoms with van der Waals surface area (Å²) in [6.45, 7) is 4.29. The van der Waals surface area contributed by atoms with Gasteiger partial charge in [0.2, 0.25) is 0 Å². The Balaban J connectivity index is 2.66. The first-order valence-electron chi connectivity index (χ1n) is 3.77. The van der Waals surface area contributed by atoms with E-state index >= 15 is 0 Å². The lowest BCUT2D eigenvalue weighted by molar-refractivity contribution is 0.342. The summed E-state index contributed by atoms with van der Waals surface area (Å²) in [7, 11) is 1.69. The maximum absolute atomic E-state index is 5.08. The first-order valence-corrected chi connectivity index (χ1v) is 3.77. The molecule has 0 bridgehead atoms. The molecule has 0 amide bonds. The standard InChI is InChI=1S/C8H15NO/c1-8(2)6-4-5-7(9-8)10-3/h4-6H2,1-3H3. The Morgan fingerprint density at radius 3 is 2.60 bits per heavy atom. The number of aliphatic imine (C=N–C) groups is 1. The van der Waals surface area contributed by atoms with Crippen molar-refractivity contribution in [2.75, 3.05) is 7.11 Å². The molecule has 0 aromatic heterocycles. The van der Waals surface area contributed by atoms with Crippen LogP contribution in [0, 0.1) is 0 Å². The quantitative estimate of drug-likeness (QED) is 0.505. The van der Waals surface area contributed by atoms with Crippen LogP contribution in [-0.2, 0) is 4.74 Å². The lowest BCUT2D eigenvalue weighted by Crippen LogP contribution is -2.24. The Labute approximate surface area is 62.3 Å². The van der Waals surface area contributed by atoms with E-state index in [4.69, 9.17) is 4.74 Å². The minimum atomic E-state index is 0.115. The average Bonchev–Trinajstić information content (AvgIpc) is 1.86. The van der Waals surface area contributed by atoms with Crippen LogP contribution in [0.2, 0.25) is 0 Å².